The molecule has 0 radical (unpaired) electrons. The van der Waals surface area contributed by atoms with Gasteiger partial charge in [0.25, 0.3) is 0 Å². The Bertz CT molecular complexity index is 647. The van der Waals surface area contributed by atoms with Gasteiger partial charge in [0.15, 0.2) is 0 Å². The van der Waals surface area contributed by atoms with Gasteiger partial charge in [-0.05, 0) is 37.5 Å². The first kappa shape index (κ1) is 14.6. The van der Waals surface area contributed by atoms with Crippen LogP contribution in [0.1, 0.15) is 24.1 Å². The van der Waals surface area contributed by atoms with Gasteiger partial charge in [0.2, 0.25) is 5.91 Å². The highest BCUT2D eigenvalue weighted by Crippen LogP contribution is 2.14. The van der Waals surface area contributed by atoms with Gasteiger partial charge in [-0.2, -0.15) is 0 Å². The smallest absolute Gasteiger partial charge is 0.244 e. The minimum Gasteiger partial charge on any atom is -0.487 e. The van der Waals surface area contributed by atoms with E-state index in [1.165, 1.54) is 0 Å². The van der Waals surface area contributed by atoms with Crippen LogP contribution in [0.3, 0.4) is 0 Å². The van der Waals surface area contributed by atoms with Crippen molar-refractivity contribution >= 4 is 5.91 Å². The van der Waals surface area contributed by atoms with Gasteiger partial charge in [-0.25, -0.2) is 4.68 Å². The monoisotopic (exact) mass is 300 g/mol. The van der Waals surface area contributed by atoms with E-state index in [0.717, 1.165) is 42.9 Å². The molecule has 1 aromatic carbocycles. The molecule has 116 valence electrons. The fourth-order valence-corrected chi connectivity index (χ4v) is 2.55. The molecule has 1 aliphatic rings. The second-order valence-electron chi connectivity index (χ2n) is 5.60. The van der Waals surface area contributed by atoms with Crippen LogP contribution in [0, 0.1) is 6.92 Å². The van der Waals surface area contributed by atoms with Gasteiger partial charge in [-0.3, -0.25) is 4.79 Å². The average Bonchev–Trinajstić information content (AvgIpc) is 3.17. The maximum atomic E-state index is 12.0. The highest BCUT2D eigenvalue weighted by Gasteiger charge is 2.18. The van der Waals surface area contributed by atoms with E-state index < -0.39 is 0 Å². The molecule has 1 fully saturated rings. The van der Waals surface area contributed by atoms with Crippen LogP contribution < -0.4 is 4.74 Å². The Morgan fingerprint density at radius 2 is 2.14 bits per heavy atom. The zero-order valence-electron chi connectivity index (χ0n) is 12.7. The van der Waals surface area contributed by atoms with E-state index in [9.17, 15) is 4.79 Å². The molecule has 0 unspecified atom stereocenters. The number of benzene rings is 1. The van der Waals surface area contributed by atoms with Crippen molar-refractivity contribution in [3.8, 4) is 5.75 Å². The summed E-state index contributed by atoms with van der Waals surface area (Å²) in [4.78, 5) is 13.9. The van der Waals surface area contributed by atoms with Crippen LogP contribution in [0.25, 0.3) is 0 Å². The zero-order chi connectivity index (χ0) is 15.4. The standard InChI is InChI=1S/C16H20N4O2/c1-13-5-4-6-15(9-13)22-12-14-10-20(18-17-14)11-16(21)19-7-2-3-8-19/h4-6,9-10H,2-3,7-8,11-12H2,1H3. The average molecular weight is 300 g/mol. The van der Waals surface area contributed by atoms with Gasteiger partial charge in [0.05, 0.1) is 6.20 Å². The number of aryl methyl sites for hydroxylation is 1. The number of ether oxygens (including phenoxy) is 1. The molecule has 22 heavy (non-hydrogen) atoms. The van der Waals surface area contributed by atoms with Crippen LogP contribution in [0.5, 0.6) is 5.75 Å². The maximum Gasteiger partial charge on any atom is 0.244 e. The van der Waals surface area contributed by atoms with Gasteiger partial charge in [-0.15, -0.1) is 5.10 Å². The Morgan fingerprint density at radius 1 is 1.32 bits per heavy atom. The summed E-state index contributed by atoms with van der Waals surface area (Å²) in [6.07, 6.45) is 3.96. The molecule has 2 heterocycles. The summed E-state index contributed by atoms with van der Waals surface area (Å²) in [6.45, 7) is 4.33. The Hall–Kier alpha value is -2.37. The van der Waals surface area contributed by atoms with Crippen LogP contribution in [0.4, 0.5) is 0 Å². The van der Waals surface area contributed by atoms with Crippen LogP contribution in [0.15, 0.2) is 30.5 Å². The maximum absolute atomic E-state index is 12.0. The number of hydrogen-bond donors (Lipinski definition) is 0. The van der Waals surface area contributed by atoms with Crippen molar-refractivity contribution in [3.05, 3.63) is 41.7 Å². The largest absolute Gasteiger partial charge is 0.487 e. The van der Waals surface area contributed by atoms with E-state index in [0.29, 0.717) is 6.61 Å². The number of nitrogens with zero attached hydrogens (tertiary/aromatic N) is 4. The molecule has 1 aliphatic heterocycles. The van der Waals surface area contributed by atoms with Crippen molar-refractivity contribution in [1.82, 2.24) is 19.9 Å². The first-order chi connectivity index (χ1) is 10.7. The Balaban J connectivity index is 1.53. The Morgan fingerprint density at radius 3 is 2.91 bits per heavy atom. The van der Waals surface area contributed by atoms with E-state index in [1.54, 1.807) is 10.9 Å². The molecule has 0 aliphatic carbocycles. The lowest BCUT2D eigenvalue weighted by atomic mass is 10.2. The second-order valence-corrected chi connectivity index (χ2v) is 5.60. The molecule has 1 amide bonds. The van der Waals surface area contributed by atoms with Crippen molar-refractivity contribution < 1.29 is 9.53 Å². The number of aromatic nitrogens is 3. The Kier molecular flexibility index (Phi) is 4.37. The summed E-state index contributed by atoms with van der Waals surface area (Å²) in [5.74, 6) is 0.913. The molecule has 0 atom stereocenters. The van der Waals surface area contributed by atoms with Gasteiger partial charge in [0, 0.05) is 13.1 Å². The first-order valence-corrected chi connectivity index (χ1v) is 7.57. The van der Waals surface area contributed by atoms with Gasteiger partial charge in [0.1, 0.15) is 24.6 Å². The number of rotatable bonds is 5. The van der Waals surface area contributed by atoms with Gasteiger partial charge < -0.3 is 9.64 Å². The molecule has 0 N–H and O–H groups in total. The number of amides is 1. The molecule has 0 spiro atoms. The van der Waals surface area contributed by atoms with E-state index in [2.05, 4.69) is 10.3 Å². The molecular formula is C16H20N4O2. The molecule has 1 aromatic heterocycles. The second kappa shape index (κ2) is 6.60. The van der Waals surface area contributed by atoms with E-state index in [1.807, 2.05) is 36.1 Å². The fraction of sp³-hybridized carbons (Fsp3) is 0.438. The number of carbonyl (C=O) groups is 1. The summed E-state index contributed by atoms with van der Waals surface area (Å²) >= 11 is 0. The lowest BCUT2D eigenvalue weighted by Crippen LogP contribution is -2.31. The summed E-state index contributed by atoms with van der Waals surface area (Å²) in [6, 6.07) is 7.86. The van der Waals surface area contributed by atoms with Crippen molar-refractivity contribution in [1.29, 1.82) is 0 Å². The number of likely N-dealkylation sites (tertiary alicyclic amines) is 1. The highest BCUT2D eigenvalue weighted by atomic mass is 16.5. The third-order valence-electron chi connectivity index (χ3n) is 3.72. The van der Waals surface area contributed by atoms with Crippen molar-refractivity contribution in [2.24, 2.45) is 0 Å². The van der Waals surface area contributed by atoms with Crippen molar-refractivity contribution in [3.63, 3.8) is 0 Å². The molecule has 1 saturated heterocycles. The summed E-state index contributed by atoms with van der Waals surface area (Å²) < 4.78 is 7.26. The van der Waals surface area contributed by atoms with Crippen LogP contribution >= 0.6 is 0 Å². The predicted octanol–water partition coefficient (Wildman–Crippen LogP) is 1.79. The highest BCUT2D eigenvalue weighted by molar-refractivity contribution is 5.76. The summed E-state index contributed by atoms with van der Waals surface area (Å²) in [7, 11) is 0. The van der Waals surface area contributed by atoms with Crippen molar-refractivity contribution in [2.75, 3.05) is 13.1 Å². The lowest BCUT2D eigenvalue weighted by molar-refractivity contribution is -0.130. The van der Waals surface area contributed by atoms with E-state index in [4.69, 9.17) is 4.74 Å². The first-order valence-electron chi connectivity index (χ1n) is 7.57. The molecule has 6 heteroatoms. The van der Waals surface area contributed by atoms with E-state index in [-0.39, 0.29) is 12.5 Å². The summed E-state index contributed by atoms with van der Waals surface area (Å²) in [5, 5.41) is 8.05. The number of carbonyl (C=O) groups excluding carboxylic acids is 1. The molecule has 0 bridgehead atoms. The molecule has 3 rings (SSSR count). The Labute approximate surface area is 129 Å². The summed E-state index contributed by atoms with van der Waals surface area (Å²) in [5.41, 5.74) is 1.87. The number of hydrogen-bond acceptors (Lipinski definition) is 4. The minimum absolute atomic E-state index is 0.105. The predicted molar refractivity (Wildman–Crippen MR) is 81.3 cm³/mol. The SMILES string of the molecule is Cc1cccc(OCc2cn(CC(=O)N3CCCC3)nn2)c1. The third kappa shape index (κ3) is 3.63. The normalized spacial score (nSPS) is 14.3. The third-order valence-corrected chi connectivity index (χ3v) is 3.72. The zero-order valence-corrected chi connectivity index (χ0v) is 12.7. The molecule has 6 nitrogen and oxygen atoms in total. The van der Waals surface area contributed by atoms with Gasteiger partial charge in [-0.1, -0.05) is 17.3 Å². The minimum atomic E-state index is 0.105. The van der Waals surface area contributed by atoms with Gasteiger partial charge >= 0.3 is 0 Å². The quantitative estimate of drug-likeness (QED) is 0.844. The molecule has 0 saturated carbocycles. The van der Waals surface area contributed by atoms with Crippen LogP contribution in [-0.2, 0) is 17.9 Å². The van der Waals surface area contributed by atoms with Crippen LogP contribution in [-0.4, -0.2) is 38.9 Å². The van der Waals surface area contributed by atoms with Crippen molar-refractivity contribution in [2.45, 2.75) is 32.9 Å². The molecule has 2 aromatic rings. The van der Waals surface area contributed by atoms with E-state index >= 15 is 0 Å². The van der Waals surface area contributed by atoms with Crippen LogP contribution in [0.2, 0.25) is 0 Å². The molecular weight excluding hydrogens is 280 g/mol. The topological polar surface area (TPSA) is 60.2 Å². The lowest BCUT2D eigenvalue weighted by Gasteiger charge is -2.14. The fourth-order valence-electron chi connectivity index (χ4n) is 2.55.